The fourth-order valence-electron chi connectivity index (χ4n) is 3.10. The largest absolute Gasteiger partial charge is 0.306 e. The summed E-state index contributed by atoms with van der Waals surface area (Å²) in [5, 5.41) is 4.36. The van der Waals surface area contributed by atoms with Gasteiger partial charge in [0.15, 0.2) is 0 Å². The van der Waals surface area contributed by atoms with E-state index in [0.717, 1.165) is 23.4 Å². The number of hydrogen-bond acceptors (Lipinski definition) is 4. The first-order chi connectivity index (χ1) is 10.6. The maximum absolute atomic E-state index is 4.61. The van der Waals surface area contributed by atoms with E-state index in [1.165, 1.54) is 25.9 Å². The highest BCUT2D eigenvalue weighted by atomic mass is 15.3. The van der Waals surface area contributed by atoms with E-state index in [0.29, 0.717) is 12.0 Å². The summed E-state index contributed by atoms with van der Waals surface area (Å²) in [6, 6.07) is 0.365. The first kappa shape index (κ1) is 15.2. The Labute approximate surface area is 132 Å². The molecule has 1 fully saturated rings. The topological polar surface area (TPSA) is 46.8 Å². The van der Waals surface area contributed by atoms with E-state index < -0.39 is 0 Å². The van der Waals surface area contributed by atoms with E-state index >= 15 is 0 Å². The minimum Gasteiger partial charge on any atom is -0.306 e. The molecule has 0 amide bonds. The van der Waals surface area contributed by atoms with Crippen LogP contribution in [0.2, 0.25) is 0 Å². The molecule has 0 bridgehead atoms. The lowest BCUT2D eigenvalue weighted by Crippen LogP contribution is -2.33. The van der Waals surface area contributed by atoms with Gasteiger partial charge in [-0.1, -0.05) is 0 Å². The molecule has 0 aliphatic carbocycles. The Morgan fingerprint density at radius 3 is 2.73 bits per heavy atom. The molecule has 2 aromatic heterocycles. The molecule has 1 aliphatic heterocycles. The average molecular weight is 299 g/mol. The minimum atomic E-state index is 0.365. The lowest BCUT2D eigenvalue weighted by molar-refractivity contribution is 0.208. The molecule has 0 N–H and O–H groups in total. The van der Waals surface area contributed by atoms with Crippen LogP contribution in [-0.2, 0) is 6.42 Å². The van der Waals surface area contributed by atoms with Gasteiger partial charge in [-0.3, -0.25) is 14.6 Å². The van der Waals surface area contributed by atoms with E-state index in [2.05, 4.69) is 40.9 Å². The quantitative estimate of drug-likeness (QED) is 0.871. The molecule has 22 heavy (non-hydrogen) atoms. The molecule has 118 valence electrons. The van der Waals surface area contributed by atoms with Crippen LogP contribution in [-0.4, -0.2) is 44.8 Å². The van der Waals surface area contributed by atoms with Crippen LogP contribution in [0.15, 0.2) is 24.8 Å². The molecule has 3 rings (SSSR count). The summed E-state index contributed by atoms with van der Waals surface area (Å²) in [5.74, 6) is 0.711. The summed E-state index contributed by atoms with van der Waals surface area (Å²) in [7, 11) is 2.20. The molecule has 0 unspecified atom stereocenters. The molecule has 3 heterocycles. The molecular formula is C17H25N5. The zero-order valence-electron chi connectivity index (χ0n) is 13.7. The van der Waals surface area contributed by atoms with Crippen molar-refractivity contribution in [3.05, 3.63) is 30.5 Å². The third kappa shape index (κ3) is 3.53. The molecule has 2 aromatic rings. The average Bonchev–Trinajstić information content (AvgIpc) is 2.98. The van der Waals surface area contributed by atoms with Crippen LogP contribution in [0.25, 0.3) is 11.3 Å². The van der Waals surface area contributed by atoms with Crippen molar-refractivity contribution in [2.24, 2.45) is 5.92 Å². The van der Waals surface area contributed by atoms with Crippen LogP contribution in [0.3, 0.4) is 0 Å². The lowest BCUT2D eigenvalue weighted by Gasteiger charge is -2.29. The summed E-state index contributed by atoms with van der Waals surface area (Å²) in [6.07, 6.45) is 11.3. The van der Waals surface area contributed by atoms with Gasteiger partial charge in [-0.15, -0.1) is 0 Å². The third-order valence-electron chi connectivity index (χ3n) is 4.35. The number of hydrogen-bond donors (Lipinski definition) is 0. The number of aromatic nitrogens is 4. The third-order valence-corrected chi connectivity index (χ3v) is 4.35. The van der Waals surface area contributed by atoms with Gasteiger partial charge >= 0.3 is 0 Å². The van der Waals surface area contributed by atoms with Gasteiger partial charge in [0, 0.05) is 30.5 Å². The van der Waals surface area contributed by atoms with Gasteiger partial charge in [0.05, 0.1) is 23.8 Å². The summed E-state index contributed by atoms with van der Waals surface area (Å²) < 4.78 is 1.95. The van der Waals surface area contributed by atoms with Gasteiger partial charge in [0.2, 0.25) is 0 Å². The molecule has 1 aliphatic rings. The highest BCUT2D eigenvalue weighted by molar-refractivity contribution is 5.55. The maximum atomic E-state index is 4.61. The van der Waals surface area contributed by atoms with Crippen molar-refractivity contribution >= 4 is 0 Å². The fraction of sp³-hybridized carbons (Fsp3) is 0.588. The van der Waals surface area contributed by atoms with Crippen LogP contribution in [0, 0.1) is 5.92 Å². The maximum Gasteiger partial charge on any atom is 0.0916 e. The molecule has 1 atom stereocenters. The van der Waals surface area contributed by atoms with Crippen LogP contribution >= 0.6 is 0 Å². The molecule has 0 radical (unpaired) electrons. The summed E-state index contributed by atoms with van der Waals surface area (Å²) >= 11 is 0. The smallest absolute Gasteiger partial charge is 0.0916 e. The monoisotopic (exact) mass is 299 g/mol. The molecule has 5 nitrogen and oxygen atoms in total. The van der Waals surface area contributed by atoms with Crippen molar-refractivity contribution in [3.63, 3.8) is 0 Å². The Hall–Kier alpha value is -1.75. The Morgan fingerprint density at radius 1 is 1.23 bits per heavy atom. The molecule has 0 aromatic carbocycles. The van der Waals surface area contributed by atoms with Gasteiger partial charge in [-0.05, 0) is 52.6 Å². The van der Waals surface area contributed by atoms with Crippen molar-refractivity contribution in [2.75, 3.05) is 20.1 Å². The zero-order valence-corrected chi connectivity index (χ0v) is 13.7. The second kappa shape index (κ2) is 6.57. The van der Waals surface area contributed by atoms with Crippen molar-refractivity contribution in [2.45, 2.75) is 39.2 Å². The molecular weight excluding hydrogens is 274 g/mol. The van der Waals surface area contributed by atoms with Gasteiger partial charge in [0.1, 0.15) is 0 Å². The van der Waals surface area contributed by atoms with E-state index in [9.17, 15) is 0 Å². The predicted molar refractivity (Wildman–Crippen MR) is 87.6 cm³/mol. The lowest BCUT2D eigenvalue weighted by atomic mass is 9.94. The first-order valence-corrected chi connectivity index (χ1v) is 8.16. The fourth-order valence-corrected chi connectivity index (χ4v) is 3.10. The van der Waals surface area contributed by atoms with Crippen molar-refractivity contribution in [1.29, 1.82) is 0 Å². The standard InChI is InChI=1S/C17H25N5/c1-13(2)22-12-15(8-20-22)17-10-18-16(9-19-17)7-14-5-4-6-21(3)11-14/h8-10,12-14H,4-7,11H2,1-3H3/t14-/m0/s1. The van der Waals surface area contributed by atoms with Crippen molar-refractivity contribution in [1.82, 2.24) is 24.6 Å². The number of nitrogens with zero attached hydrogens (tertiary/aromatic N) is 5. The number of piperidine rings is 1. The van der Waals surface area contributed by atoms with Crippen LogP contribution in [0.4, 0.5) is 0 Å². The molecule has 0 spiro atoms. The molecule has 1 saturated heterocycles. The van der Waals surface area contributed by atoms with E-state index in [1.54, 1.807) is 0 Å². The van der Waals surface area contributed by atoms with E-state index in [-0.39, 0.29) is 0 Å². The zero-order chi connectivity index (χ0) is 15.5. The van der Waals surface area contributed by atoms with E-state index in [4.69, 9.17) is 0 Å². The first-order valence-electron chi connectivity index (χ1n) is 8.16. The summed E-state index contributed by atoms with van der Waals surface area (Å²) in [5.41, 5.74) is 3.03. The van der Waals surface area contributed by atoms with Crippen LogP contribution < -0.4 is 0 Å². The van der Waals surface area contributed by atoms with Crippen molar-refractivity contribution < 1.29 is 0 Å². The summed E-state index contributed by atoms with van der Waals surface area (Å²) in [6.45, 7) is 6.63. The van der Waals surface area contributed by atoms with Crippen molar-refractivity contribution in [3.8, 4) is 11.3 Å². The predicted octanol–water partition coefficient (Wildman–Crippen LogP) is 2.81. The SMILES string of the molecule is CC(C)n1cc(-c2cnc(C[C@@H]3CCCN(C)C3)cn2)cn1. The van der Waals surface area contributed by atoms with Crippen LogP contribution in [0.5, 0.6) is 0 Å². The summed E-state index contributed by atoms with van der Waals surface area (Å²) in [4.78, 5) is 11.6. The Bertz CT molecular complexity index is 602. The molecule has 5 heteroatoms. The van der Waals surface area contributed by atoms with Gasteiger partial charge in [-0.25, -0.2) is 0 Å². The second-order valence-corrected chi connectivity index (χ2v) is 6.67. The Kier molecular flexibility index (Phi) is 4.52. The highest BCUT2D eigenvalue weighted by Crippen LogP contribution is 2.20. The molecule has 0 saturated carbocycles. The highest BCUT2D eigenvalue weighted by Gasteiger charge is 2.18. The normalized spacial score (nSPS) is 19.7. The van der Waals surface area contributed by atoms with Crippen LogP contribution in [0.1, 0.15) is 38.4 Å². The number of likely N-dealkylation sites (tertiary alicyclic amines) is 1. The Morgan fingerprint density at radius 2 is 2.09 bits per heavy atom. The van der Waals surface area contributed by atoms with Gasteiger partial charge in [-0.2, -0.15) is 5.10 Å². The van der Waals surface area contributed by atoms with E-state index in [1.807, 2.05) is 29.5 Å². The Balaban J connectivity index is 1.66. The number of rotatable bonds is 4. The minimum absolute atomic E-state index is 0.365. The second-order valence-electron chi connectivity index (χ2n) is 6.67. The van der Waals surface area contributed by atoms with Gasteiger partial charge < -0.3 is 4.90 Å². The van der Waals surface area contributed by atoms with Gasteiger partial charge in [0.25, 0.3) is 0 Å².